The van der Waals surface area contributed by atoms with E-state index in [-0.39, 0.29) is 17.9 Å². The Bertz CT molecular complexity index is 520. The summed E-state index contributed by atoms with van der Waals surface area (Å²) in [7, 11) is 0. The van der Waals surface area contributed by atoms with Crippen molar-refractivity contribution in [3.63, 3.8) is 0 Å². The number of hydrogen-bond acceptors (Lipinski definition) is 5. The van der Waals surface area contributed by atoms with E-state index in [1.54, 1.807) is 0 Å². The summed E-state index contributed by atoms with van der Waals surface area (Å²) in [6, 6.07) is 3.15. The van der Waals surface area contributed by atoms with E-state index in [1.807, 2.05) is 10.6 Å². The Hall–Kier alpha value is -2.57. The molecule has 0 unspecified atom stereocenters. The van der Waals surface area contributed by atoms with Crippen molar-refractivity contribution in [3.05, 3.63) is 23.8 Å². The summed E-state index contributed by atoms with van der Waals surface area (Å²) in [5.41, 5.74) is 0.495. The quantitative estimate of drug-likeness (QED) is 0.422. The first-order chi connectivity index (χ1) is 8.47. The van der Waals surface area contributed by atoms with E-state index in [0.717, 1.165) is 0 Å². The van der Waals surface area contributed by atoms with Gasteiger partial charge in [-0.2, -0.15) is 0 Å². The molecular weight excluding hydrogens is 240 g/mol. The molecule has 0 aromatic heterocycles. The molecule has 1 fully saturated rings. The van der Waals surface area contributed by atoms with Crippen LogP contribution >= 0.6 is 0 Å². The number of phenols is 2. The number of urea groups is 1. The largest absolute Gasteiger partial charge is 0.504 e. The Morgan fingerprint density at radius 2 is 1.61 bits per heavy atom. The lowest BCUT2D eigenvalue weighted by atomic mass is 9.96. The number of carbonyl (C=O) groups excluding carboxylic acids is 3. The average Bonchev–Trinajstić information content (AvgIpc) is 2.28. The summed E-state index contributed by atoms with van der Waals surface area (Å²) in [6.45, 7) is 0. The van der Waals surface area contributed by atoms with Crippen molar-refractivity contribution in [1.82, 2.24) is 10.6 Å². The number of imide groups is 2. The molecule has 1 heterocycles. The number of hydrogen-bond donors (Lipinski definition) is 4. The molecule has 0 saturated carbocycles. The number of rotatable bonds is 2. The zero-order valence-corrected chi connectivity index (χ0v) is 9.14. The second kappa shape index (κ2) is 4.36. The van der Waals surface area contributed by atoms with Gasteiger partial charge in [0.1, 0.15) is 5.92 Å². The third kappa shape index (κ3) is 2.24. The van der Waals surface area contributed by atoms with Crippen molar-refractivity contribution in [1.29, 1.82) is 0 Å². The van der Waals surface area contributed by atoms with Crippen LogP contribution in [0.2, 0.25) is 0 Å². The van der Waals surface area contributed by atoms with Gasteiger partial charge in [0, 0.05) is 0 Å². The standard InChI is InChI=1S/C11H10N2O5/c14-7-2-1-5(4-8(7)15)3-6-9(16)12-11(18)13-10(6)17/h1-2,4,6,14-15H,3H2,(H2,12,13,16,17,18). The van der Waals surface area contributed by atoms with Gasteiger partial charge in [-0.1, -0.05) is 6.07 Å². The molecule has 0 radical (unpaired) electrons. The molecule has 18 heavy (non-hydrogen) atoms. The topological polar surface area (TPSA) is 116 Å². The number of carbonyl (C=O) groups is 3. The SMILES string of the molecule is O=C1NC(=O)C(Cc2ccc(O)c(O)c2)C(=O)N1. The van der Waals surface area contributed by atoms with E-state index in [9.17, 15) is 19.5 Å². The molecule has 1 aliphatic rings. The van der Waals surface area contributed by atoms with Crippen LogP contribution in [-0.4, -0.2) is 28.1 Å². The molecule has 1 aliphatic heterocycles. The third-order valence-corrected chi connectivity index (χ3v) is 2.59. The molecule has 7 heteroatoms. The highest BCUT2D eigenvalue weighted by molar-refractivity contribution is 6.16. The molecule has 7 nitrogen and oxygen atoms in total. The molecule has 1 aromatic rings. The number of nitrogens with one attached hydrogen (secondary N) is 2. The molecule has 94 valence electrons. The molecule has 0 atom stereocenters. The monoisotopic (exact) mass is 250 g/mol. The predicted octanol–water partition coefficient (Wildman–Crippen LogP) is -0.378. The molecule has 2 rings (SSSR count). The van der Waals surface area contributed by atoms with Crippen molar-refractivity contribution >= 4 is 17.8 Å². The minimum atomic E-state index is -1.04. The fraction of sp³-hybridized carbons (Fsp3) is 0.182. The maximum atomic E-state index is 11.5. The third-order valence-electron chi connectivity index (χ3n) is 2.59. The predicted molar refractivity (Wildman–Crippen MR) is 58.6 cm³/mol. The highest BCUT2D eigenvalue weighted by Gasteiger charge is 2.34. The second-order valence-corrected chi connectivity index (χ2v) is 3.89. The van der Waals surface area contributed by atoms with Crippen LogP contribution < -0.4 is 10.6 Å². The number of amides is 4. The maximum absolute atomic E-state index is 11.5. The van der Waals surface area contributed by atoms with Gasteiger partial charge in [-0.15, -0.1) is 0 Å². The van der Waals surface area contributed by atoms with Gasteiger partial charge < -0.3 is 10.2 Å². The first-order valence-electron chi connectivity index (χ1n) is 5.14. The molecule has 0 spiro atoms. The lowest BCUT2D eigenvalue weighted by Crippen LogP contribution is -2.56. The lowest BCUT2D eigenvalue weighted by Gasteiger charge is -2.20. The lowest BCUT2D eigenvalue weighted by molar-refractivity contribution is -0.135. The van der Waals surface area contributed by atoms with Crippen LogP contribution in [0.3, 0.4) is 0 Å². The Labute approximate surface area is 101 Å². The van der Waals surface area contributed by atoms with Gasteiger partial charge >= 0.3 is 6.03 Å². The minimum Gasteiger partial charge on any atom is -0.504 e. The van der Waals surface area contributed by atoms with Gasteiger partial charge in [0.2, 0.25) is 11.8 Å². The van der Waals surface area contributed by atoms with Crippen LogP contribution in [0, 0.1) is 5.92 Å². The van der Waals surface area contributed by atoms with Gasteiger partial charge in [-0.05, 0) is 24.1 Å². The van der Waals surface area contributed by atoms with Crippen molar-refractivity contribution in [2.45, 2.75) is 6.42 Å². The fourth-order valence-electron chi connectivity index (χ4n) is 1.67. The molecule has 1 saturated heterocycles. The zero-order valence-electron chi connectivity index (χ0n) is 9.14. The summed E-state index contributed by atoms with van der Waals surface area (Å²) in [6.07, 6.45) is 0.0266. The van der Waals surface area contributed by atoms with Crippen LogP contribution in [0.15, 0.2) is 18.2 Å². The van der Waals surface area contributed by atoms with E-state index in [1.165, 1.54) is 18.2 Å². The second-order valence-electron chi connectivity index (χ2n) is 3.89. The Balaban J connectivity index is 2.17. The average molecular weight is 250 g/mol. The highest BCUT2D eigenvalue weighted by atomic mass is 16.3. The maximum Gasteiger partial charge on any atom is 0.328 e. The summed E-state index contributed by atoms with van der Waals surface area (Å²) < 4.78 is 0. The van der Waals surface area contributed by atoms with E-state index in [4.69, 9.17) is 5.11 Å². The molecular formula is C11H10N2O5. The van der Waals surface area contributed by atoms with Gasteiger partial charge in [-0.3, -0.25) is 20.2 Å². The van der Waals surface area contributed by atoms with Gasteiger partial charge in [0.15, 0.2) is 11.5 Å². The molecule has 4 amide bonds. The van der Waals surface area contributed by atoms with E-state index in [0.29, 0.717) is 5.56 Å². The molecule has 0 bridgehead atoms. The summed E-state index contributed by atoms with van der Waals surface area (Å²) >= 11 is 0. The summed E-state index contributed by atoms with van der Waals surface area (Å²) in [5.74, 6) is -3.02. The highest BCUT2D eigenvalue weighted by Crippen LogP contribution is 2.26. The van der Waals surface area contributed by atoms with Crippen LogP contribution in [-0.2, 0) is 16.0 Å². The van der Waals surface area contributed by atoms with Gasteiger partial charge in [0.05, 0.1) is 0 Å². The molecule has 4 N–H and O–H groups in total. The molecule has 0 aliphatic carbocycles. The summed E-state index contributed by atoms with van der Waals surface area (Å²) in [5, 5.41) is 22.4. The number of barbiturate groups is 1. The Kier molecular flexibility index (Phi) is 2.88. The van der Waals surface area contributed by atoms with Crippen LogP contribution in [0.5, 0.6) is 11.5 Å². The van der Waals surface area contributed by atoms with Crippen molar-refractivity contribution in [2.24, 2.45) is 5.92 Å². The first-order valence-corrected chi connectivity index (χ1v) is 5.14. The van der Waals surface area contributed by atoms with E-state index < -0.39 is 23.8 Å². The van der Waals surface area contributed by atoms with Crippen LogP contribution in [0.1, 0.15) is 5.56 Å². The van der Waals surface area contributed by atoms with Crippen molar-refractivity contribution in [3.8, 4) is 11.5 Å². The summed E-state index contributed by atoms with van der Waals surface area (Å²) in [4.78, 5) is 33.8. The number of benzene rings is 1. The van der Waals surface area contributed by atoms with Gasteiger partial charge in [-0.25, -0.2) is 4.79 Å². The van der Waals surface area contributed by atoms with E-state index in [2.05, 4.69) is 0 Å². The smallest absolute Gasteiger partial charge is 0.328 e. The fourth-order valence-corrected chi connectivity index (χ4v) is 1.67. The number of aromatic hydroxyl groups is 2. The van der Waals surface area contributed by atoms with Crippen LogP contribution in [0.25, 0.3) is 0 Å². The van der Waals surface area contributed by atoms with E-state index >= 15 is 0 Å². The minimum absolute atomic E-state index is 0.0266. The Morgan fingerprint density at radius 1 is 1.00 bits per heavy atom. The first kappa shape index (κ1) is 11.9. The number of phenolic OH excluding ortho intramolecular Hbond substituents is 2. The van der Waals surface area contributed by atoms with Crippen molar-refractivity contribution < 1.29 is 24.6 Å². The molecule has 1 aromatic carbocycles. The van der Waals surface area contributed by atoms with Crippen LogP contribution in [0.4, 0.5) is 4.79 Å². The van der Waals surface area contributed by atoms with Gasteiger partial charge in [0.25, 0.3) is 0 Å². The Morgan fingerprint density at radius 3 is 2.17 bits per heavy atom. The zero-order chi connectivity index (χ0) is 13.3. The normalized spacial score (nSPS) is 16.3. The van der Waals surface area contributed by atoms with Crippen molar-refractivity contribution in [2.75, 3.05) is 0 Å².